The lowest BCUT2D eigenvalue weighted by atomic mass is 9.72. The first kappa shape index (κ1) is 22.5. The second kappa shape index (κ2) is 10.1. The number of rotatable bonds is 6. The van der Waals surface area contributed by atoms with Gasteiger partial charge in [0.2, 0.25) is 5.91 Å². The van der Waals surface area contributed by atoms with Crippen LogP contribution in [0.15, 0.2) is 76.9 Å². The van der Waals surface area contributed by atoms with E-state index >= 15 is 0 Å². The first-order valence-corrected chi connectivity index (χ1v) is 10.1. The molecule has 3 nitrogen and oxygen atoms in total. The van der Waals surface area contributed by atoms with Gasteiger partial charge in [0.05, 0.1) is 0 Å². The summed E-state index contributed by atoms with van der Waals surface area (Å²) in [7, 11) is 0. The summed E-state index contributed by atoms with van der Waals surface area (Å²) in [5.41, 5.74) is 5.74. The van der Waals surface area contributed by atoms with Crippen molar-refractivity contribution in [3.05, 3.63) is 83.0 Å². The van der Waals surface area contributed by atoms with Crippen LogP contribution in [-0.4, -0.2) is 11.0 Å². The average Bonchev–Trinajstić information content (AvgIpc) is 2.62. The van der Waals surface area contributed by atoms with Gasteiger partial charge < -0.3 is 10.4 Å². The number of amides is 1. The third kappa shape index (κ3) is 7.26. The number of aromatic hydroxyl groups is 1. The number of phenols is 1. The molecule has 1 aliphatic carbocycles. The first-order valence-electron chi connectivity index (χ1n) is 10.1. The van der Waals surface area contributed by atoms with E-state index < -0.39 is 0 Å². The van der Waals surface area contributed by atoms with Crippen molar-refractivity contribution in [2.24, 2.45) is 5.41 Å². The predicted octanol–water partition coefficient (Wildman–Crippen LogP) is 6.66. The van der Waals surface area contributed by atoms with Gasteiger partial charge in [0.25, 0.3) is 0 Å². The molecule has 2 rings (SSSR count). The third-order valence-electron chi connectivity index (χ3n) is 5.19. The predicted molar refractivity (Wildman–Crippen MR) is 122 cm³/mol. The maximum absolute atomic E-state index is 12.0. The minimum atomic E-state index is -0.225. The standard InChI is InChI=1S/C26H32NO2/c1-19(11-16-24-21(3)10-7-17-26(24,4)5)8-6-9-20(2)18-25(29)27-22-12-14-23(28)15-13-22/h6,8-9,11-12,14-16,18,28H,7,10,17H2,1-5H3,(H,27,29)/b9-6+,16-11+,19-8+,20-18+. The highest BCUT2D eigenvalue weighted by Crippen LogP contribution is 2.40. The molecular formula is C26H32NO2. The molecule has 0 fully saturated rings. The summed E-state index contributed by atoms with van der Waals surface area (Å²) >= 11 is 0. The van der Waals surface area contributed by atoms with Crippen LogP contribution in [0.5, 0.6) is 5.75 Å². The zero-order chi connectivity index (χ0) is 21.4. The monoisotopic (exact) mass is 390 g/mol. The highest BCUT2D eigenvalue weighted by atomic mass is 16.3. The Bertz CT molecular complexity index is 878. The molecule has 0 unspecified atom stereocenters. The Labute approximate surface area is 175 Å². The fourth-order valence-electron chi connectivity index (χ4n) is 3.55. The Hall–Kier alpha value is -2.81. The molecule has 3 heteroatoms. The molecule has 0 spiro atoms. The van der Waals surface area contributed by atoms with E-state index in [-0.39, 0.29) is 17.1 Å². The van der Waals surface area contributed by atoms with E-state index in [0.29, 0.717) is 5.69 Å². The van der Waals surface area contributed by atoms with Gasteiger partial charge in [-0.1, -0.05) is 55.4 Å². The molecule has 1 amide bonds. The van der Waals surface area contributed by atoms with Crippen LogP contribution in [0.4, 0.5) is 5.69 Å². The summed E-state index contributed by atoms with van der Waals surface area (Å²) in [4.78, 5) is 12.0. The Morgan fingerprint density at radius 1 is 1.21 bits per heavy atom. The van der Waals surface area contributed by atoms with Gasteiger partial charge in [-0.05, 0) is 74.8 Å². The number of allylic oxidation sites excluding steroid dienone is 9. The van der Waals surface area contributed by atoms with Gasteiger partial charge in [0, 0.05) is 17.8 Å². The van der Waals surface area contributed by atoms with E-state index in [2.05, 4.69) is 51.2 Å². The summed E-state index contributed by atoms with van der Waals surface area (Å²) in [5, 5.41) is 12.0. The SMILES string of the molecule is CC1=C(/C=C/C(C)=C/C=C/C(C)=C/C(=O)Nc2[c]cc(O)cc2)C(C)(C)CCC1. The smallest absolute Gasteiger partial charge is 0.248 e. The fraction of sp³-hybridized carbons (Fsp3) is 0.346. The molecule has 0 heterocycles. The molecule has 1 aromatic rings. The highest BCUT2D eigenvalue weighted by Gasteiger charge is 2.26. The first-order chi connectivity index (χ1) is 13.7. The normalized spacial score (nSPS) is 18.0. The number of carbonyl (C=O) groups is 1. The van der Waals surface area contributed by atoms with Gasteiger partial charge in [-0.25, -0.2) is 0 Å². The third-order valence-corrected chi connectivity index (χ3v) is 5.19. The number of carbonyl (C=O) groups excluding carboxylic acids is 1. The largest absolute Gasteiger partial charge is 0.508 e. The van der Waals surface area contributed by atoms with Gasteiger partial charge in [0.1, 0.15) is 5.75 Å². The number of hydrogen-bond donors (Lipinski definition) is 2. The lowest BCUT2D eigenvalue weighted by Gasteiger charge is -2.32. The quantitative estimate of drug-likeness (QED) is 0.324. The van der Waals surface area contributed by atoms with Crippen molar-refractivity contribution in [2.45, 2.75) is 53.9 Å². The molecule has 0 saturated heterocycles. The molecule has 1 radical (unpaired) electrons. The summed E-state index contributed by atoms with van der Waals surface area (Å²) in [6.07, 6.45) is 15.6. The van der Waals surface area contributed by atoms with E-state index in [4.69, 9.17) is 0 Å². The maximum atomic E-state index is 12.0. The molecule has 0 atom stereocenters. The minimum absolute atomic E-state index is 0.118. The zero-order valence-corrected chi connectivity index (χ0v) is 18.2. The second-order valence-electron chi connectivity index (χ2n) is 8.37. The number of hydrogen-bond acceptors (Lipinski definition) is 2. The van der Waals surface area contributed by atoms with Crippen LogP contribution in [0.2, 0.25) is 0 Å². The van der Waals surface area contributed by atoms with Gasteiger partial charge in [-0.3, -0.25) is 4.79 Å². The second-order valence-corrected chi connectivity index (χ2v) is 8.37. The van der Waals surface area contributed by atoms with Gasteiger partial charge >= 0.3 is 0 Å². The van der Waals surface area contributed by atoms with Crippen LogP contribution in [0.1, 0.15) is 53.9 Å². The van der Waals surface area contributed by atoms with Crippen molar-refractivity contribution < 1.29 is 9.90 Å². The Morgan fingerprint density at radius 3 is 2.62 bits per heavy atom. The van der Waals surface area contributed by atoms with E-state index in [1.807, 2.05) is 25.2 Å². The number of nitrogens with one attached hydrogen (secondary N) is 1. The van der Waals surface area contributed by atoms with Gasteiger partial charge in [-0.15, -0.1) is 0 Å². The van der Waals surface area contributed by atoms with E-state index in [1.54, 1.807) is 6.07 Å². The van der Waals surface area contributed by atoms with Crippen molar-refractivity contribution in [2.75, 3.05) is 5.32 Å². The average molecular weight is 391 g/mol. The van der Waals surface area contributed by atoms with E-state index in [1.165, 1.54) is 54.2 Å². The molecule has 29 heavy (non-hydrogen) atoms. The Morgan fingerprint density at radius 2 is 1.97 bits per heavy atom. The molecule has 0 saturated carbocycles. The number of anilines is 1. The molecule has 1 aromatic carbocycles. The number of phenolic OH excluding ortho intramolecular Hbond substituents is 1. The van der Waals surface area contributed by atoms with Crippen molar-refractivity contribution in [3.63, 3.8) is 0 Å². The molecule has 1 aliphatic rings. The lowest BCUT2D eigenvalue weighted by Crippen LogP contribution is -2.19. The van der Waals surface area contributed by atoms with Crippen molar-refractivity contribution in [3.8, 4) is 5.75 Å². The lowest BCUT2D eigenvalue weighted by molar-refractivity contribution is -0.111. The van der Waals surface area contributed by atoms with Crippen LogP contribution in [0, 0.1) is 11.5 Å². The minimum Gasteiger partial charge on any atom is -0.508 e. The van der Waals surface area contributed by atoms with Crippen LogP contribution in [-0.2, 0) is 4.79 Å². The zero-order valence-electron chi connectivity index (χ0n) is 18.2. The molecule has 2 N–H and O–H groups in total. The molecule has 0 aromatic heterocycles. The Kier molecular flexibility index (Phi) is 7.83. The fourth-order valence-corrected chi connectivity index (χ4v) is 3.55. The van der Waals surface area contributed by atoms with E-state index in [9.17, 15) is 9.90 Å². The molecule has 0 aliphatic heterocycles. The molecular weight excluding hydrogens is 358 g/mol. The maximum Gasteiger partial charge on any atom is 0.248 e. The van der Waals surface area contributed by atoms with Crippen molar-refractivity contribution in [1.29, 1.82) is 0 Å². The molecule has 0 bridgehead atoms. The van der Waals surface area contributed by atoms with Crippen molar-refractivity contribution in [1.82, 2.24) is 0 Å². The van der Waals surface area contributed by atoms with Gasteiger partial charge in [-0.2, -0.15) is 0 Å². The summed E-state index contributed by atoms with van der Waals surface area (Å²) in [6, 6.07) is 7.33. The number of benzene rings is 1. The van der Waals surface area contributed by atoms with E-state index in [0.717, 1.165) is 5.57 Å². The van der Waals surface area contributed by atoms with Crippen LogP contribution < -0.4 is 5.32 Å². The molecule has 153 valence electrons. The van der Waals surface area contributed by atoms with Crippen LogP contribution >= 0.6 is 0 Å². The van der Waals surface area contributed by atoms with Crippen molar-refractivity contribution >= 4 is 11.6 Å². The summed E-state index contributed by atoms with van der Waals surface area (Å²) < 4.78 is 0. The van der Waals surface area contributed by atoms with Crippen LogP contribution in [0.3, 0.4) is 0 Å². The Balaban J connectivity index is 1.95. The highest BCUT2D eigenvalue weighted by molar-refractivity contribution is 5.99. The summed E-state index contributed by atoms with van der Waals surface area (Å²) in [5.74, 6) is -0.107. The van der Waals surface area contributed by atoms with Crippen LogP contribution in [0.25, 0.3) is 0 Å². The topological polar surface area (TPSA) is 49.3 Å². The summed E-state index contributed by atoms with van der Waals surface area (Å²) in [6.45, 7) is 10.9. The van der Waals surface area contributed by atoms with Gasteiger partial charge in [0.15, 0.2) is 0 Å².